The summed E-state index contributed by atoms with van der Waals surface area (Å²) in [7, 11) is 0. The number of hydrogen-bond donors (Lipinski definition) is 0. The van der Waals surface area contributed by atoms with E-state index in [0.29, 0.717) is 19.4 Å². The van der Waals surface area contributed by atoms with Gasteiger partial charge in [0.2, 0.25) is 0 Å². The molecule has 56 heavy (non-hydrogen) atoms. The number of unbranched alkanes of at least 4 members (excludes halogenated alkanes) is 25. The first kappa shape index (κ1) is 53.9. The Morgan fingerprint density at radius 2 is 0.804 bits per heavy atom. The average Bonchev–Trinajstić information content (AvgIpc) is 3.20. The second-order valence-electron chi connectivity index (χ2n) is 16.0. The van der Waals surface area contributed by atoms with Crippen LogP contribution in [0.2, 0.25) is 0 Å². The minimum atomic E-state index is -0.546. The number of allylic oxidation sites excluding steroid dienone is 8. The molecule has 0 aromatic heterocycles. The van der Waals surface area contributed by atoms with Gasteiger partial charge in [0.05, 0.1) is 6.61 Å². The van der Waals surface area contributed by atoms with E-state index in [-0.39, 0.29) is 25.2 Å². The number of hydrogen-bond acceptors (Lipinski definition) is 5. The Hall–Kier alpha value is -2.14. The zero-order valence-corrected chi connectivity index (χ0v) is 37.4. The molecular weight excluding hydrogens is 693 g/mol. The minimum absolute atomic E-state index is 0.0678. The van der Waals surface area contributed by atoms with Crippen LogP contribution in [0.3, 0.4) is 0 Å². The van der Waals surface area contributed by atoms with Gasteiger partial charge in [0, 0.05) is 19.4 Å². The van der Waals surface area contributed by atoms with E-state index in [2.05, 4.69) is 69.4 Å². The zero-order valence-electron chi connectivity index (χ0n) is 37.4. The second kappa shape index (κ2) is 47.2. The summed E-state index contributed by atoms with van der Waals surface area (Å²) in [6, 6.07) is 0. The van der Waals surface area contributed by atoms with Crippen LogP contribution in [0.5, 0.6) is 0 Å². The van der Waals surface area contributed by atoms with Gasteiger partial charge in [-0.15, -0.1) is 0 Å². The fourth-order valence-electron chi connectivity index (χ4n) is 6.80. The fourth-order valence-corrected chi connectivity index (χ4v) is 6.80. The molecule has 0 saturated heterocycles. The monoisotopic (exact) mass is 785 g/mol. The lowest BCUT2D eigenvalue weighted by Gasteiger charge is -2.18. The number of ether oxygens (including phenoxy) is 3. The predicted molar refractivity (Wildman–Crippen MR) is 242 cm³/mol. The molecule has 0 N–H and O–H groups in total. The lowest BCUT2D eigenvalue weighted by atomic mass is 10.0. The van der Waals surface area contributed by atoms with Crippen LogP contribution in [0.1, 0.15) is 239 Å². The number of carbonyl (C=O) groups is 2. The molecule has 326 valence electrons. The molecule has 1 unspecified atom stereocenters. The van der Waals surface area contributed by atoms with Crippen LogP contribution in [-0.4, -0.2) is 37.9 Å². The second-order valence-corrected chi connectivity index (χ2v) is 16.0. The maximum Gasteiger partial charge on any atom is 0.306 e. The van der Waals surface area contributed by atoms with E-state index >= 15 is 0 Å². The molecule has 0 aromatic rings. The van der Waals surface area contributed by atoms with Crippen LogP contribution in [0.4, 0.5) is 0 Å². The van der Waals surface area contributed by atoms with Gasteiger partial charge in [-0.2, -0.15) is 0 Å². The molecule has 0 radical (unpaired) electrons. The van der Waals surface area contributed by atoms with E-state index in [9.17, 15) is 9.59 Å². The molecule has 0 heterocycles. The Kier molecular flexibility index (Phi) is 45.4. The van der Waals surface area contributed by atoms with Gasteiger partial charge in [0.25, 0.3) is 0 Å². The molecule has 0 aliphatic heterocycles. The highest BCUT2D eigenvalue weighted by Crippen LogP contribution is 2.15. The van der Waals surface area contributed by atoms with Crippen molar-refractivity contribution in [1.82, 2.24) is 0 Å². The molecule has 0 bridgehead atoms. The molecule has 5 heteroatoms. The fraction of sp³-hybridized carbons (Fsp3) is 0.804. The van der Waals surface area contributed by atoms with Crippen LogP contribution in [0, 0.1) is 0 Å². The highest BCUT2D eigenvalue weighted by molar-refractivity contribution is 5.70. The van der Waals surface area contributed by atoms with E-state index < -0.39 is 6.10 Å². The van der Waals surface area contributed by atoms with Crippen molar-refractivity contribution in [3.05, 3.63) is 48.6 Å². The van der Waals surface area contributed by atoms with Gasteiger partial charge < -0.3 is 14.2 Å². The Morgan fingerprint density at radius 3 is 1.29 bits per heavy atom. The van der Waals surface area contributed by atoms with E-state index in [4.69, 9.17) is 14.2 Å². The van der Waals surface area contributed by atoms with Gasteiger partial charge in [-0.3, -0.25) is 9.59 Å². The Labute approximate surface area is 348 Å². The summed E-state index contributed by atoms with van der Waals surface area (Å²) >= 11 is 0. The summed E-state index contributed by atoms with van der Waals surface area (Å²) in [5, 5.41) is 0. The number of carbonyl (C=O) groups excluding carboxylic acids is 2. The largest absolute Gasteiger partial charge is 0.462 e. The number of rotatable bonds is 44. The Balaban J connectivity index is 4.27. The van der Waals surface area contributed by atoms with Gasteiger partial charge in [-0.1, -0.05) is 217 Å². The summed E-state index contributed by atoms with van der Waals surface area (Å²) in [5.41, 5.74) is 0. The summed E-state index contributed by atoms with van der Waals surface area (Å²) in [4.78, 5) is 25.3. The predicted octanol–water partition coefficient (Wildman–Crippen LogP) is 16.0. The first-order chi connectivity index (χ1) is 27.6. The van der Waals surface area contributed by atoms with Crippen LogP contribution < -0.4 is 0 Å². The summed E-state index contributed by atoms with van der Waals surface area (Å²) in [5.74, 6) is -0.436. The summed E-state index contributed by atoms with van der Waals surface area (Å²) < 4.78 is 17.3. The van der Waals surface area contributed by atoms with Crippen molar-refractivity contribution in [3.63, 3.8) is 0 Å². The van der Waals surface area contributed by atoms with Crippen molar-refractivity contribution in [2.24, 2.45) is 0 Å². The van der Waals surface area contributed by atoms with Gasteiger partial charge in [-0.25, -0.2) is 0 Å². The Bertz CT molecular complexity index is 935. The average molecular weight is 785 g/mol. The third-order valence-electron chi connectivity index (χ3n) is 10.4. The van der Waals surface area contributed by atoms with Crippen molar-refractivity contribution in [2.45, 2.75) is 245 Å². The van der Waals surface area contributed by atoms with E-state index in [0.717, 1.165) is 70.6 Å². The normalized spacial score (nSPS) is 12.6. The summed E-state index contributed by atoms with van der Waals surface area (Å²) in [6.07, 6.45) is 56.8. The number of esters is 2. The van der Waals surface area contributed by atoms with Crippen molar-refractivity contribution in [2.75, 3.05) is 19.8 Å². The molecule has 0 saturated carbocycles. The van der Waals surface area contributed by atoms with Gasteiger partial charge in [-0.05, 0) is 57.8 Å². The molecule has 0 fully saturated rings. The van der Waals surface area contributed by atoms with Gasteiger partial charge in [0.1, 0.15) is 6.61 Å². The maximum atomic E-state index is 12.7. The third kappa shape index (κ3) is 44.6. The molecular formula is C51H92O5. The lowest BCUT2D eigenvalue weighted by molar-refractivity contribution is -0.163. The van der Waals surface area contributed by atoms with E-state index in [1.807, 2.05) is 0 Å². The van der Waals surface area contributed by atoms with Crippen molar-refractivity contribution < 1.29 is 23.8 Å². The van der Waals surface area contributed by atoms with E-state index in [1.54, 1.807) is 0 Å². The minimum Gasteiger partial charge on any atom is -0.462 e. The smallest absolute Gasteiger partial charge is 0.306 e. The van der Waals surface area contributed by atoms with E-state index in [1.165, 1.54) is 135 Å². The molecule has 1 atom stereocenters. The van der Waals surface area contributed by atoms with Crippen LogP contribution in [-0.2, 0) is 23.8 Å². The molecule has 0 spiro atoms. The molecule has 0 aromatic carbocycles. The van der Waals surface area contributed by atoms with Crippen molar-refractivity contribution in [3.8, 4) is 0 Å². The molecule has 0 amide bonds. The quantitative estimate of drug-likeness (QED) is 0.0350. The van der Waals surface area contributed by atoms with Crippen LogP contribution >= 0.6 is 0 Å². The SMILES string of the molecule is CC/C=C\C/C=C\C/C=C\C/C=C\CCCCC(=O)OCC(COCCCCCCCCCCCC)OC(=O)CCCCCCCCCCCCCCCCC. The standard InChI is InChI=1S/C51H92O5/c1-4-7-10-13-16-19-22-24-26-28-30-32-35-38-41-44-50(52)55-48-49(47-54-46-43-40-37-34-21-18-15-12-9-6-3)56-51(53)45-42-39-36-33-31-29-27-25-23-20-17-14-11-8-5-2/h7,10,16,19,24,26,30,32,49H,4-6,8-9,11-15,17-18,20-23,25,27-29,31,33-48H2,1-3H3/b10-7-,19-16-,26-24-,32-30-. The highest BCUT2D eigenvalue weighted by Gasteiger charge is 2.17. The van der Waals surface area contributed by atoms with Crippen molar-refractivity contribution in [1.29, 1.82) is 0 Å². The summed E-state index contributed by atoms with van der Waals surface area (Å²) in [6.45, 7) is 7.69. The van der Waals surface area contributed by atoms with Gasteiger partial charge >= 0.3 is 11.9 Å². The van der Waals surface area contributed by atoms with Crippen LogP contribution in [0.15, 0.2) is 48.6 Å². The first-order valence-corrected chi connectivity index (χ1v) is 24.2. The third-order valence-corrected chi connectivity index (χ3v) is 10.4. The molecule has 5 nitrogen and oxygen atoms in total. The zero-order chi connectivity index (χ0) is 40.7. The Morgan fingerprint density at radius 1 is 0.411 bits per heavy atom. The van der Waals surface area contributed by atoms with Gasteiger partial charge in [0.15, 0.2) is 6.10 Å². The molecule has 0 aliphatic carbocycles. The topological polar surface area (TPSA) is 61.8 Å². The first-order valence-electron chi connectivity index (χ1n) is 24.2. The van der Waals surface area contributed by atoms with Crippen LogP contribution in [0.25, 0.3) is 0 Å². The maximum absolute atomic E-state index is 12.7. The molecule has 0 aliphatic rings. The highest BCUT2D eigenvalue weighted by atomic mass is 16.6. The lowest BCUT2D eigenvalue weighted by Crippen LogP contribution is -2.30. The molecule has 0 rings (SSSR count). The van der Waals surface area contributed by atoms with Crippen molar-refractivity contribution >= 4 is 11.9 Å².